The van der Waals surface area contributed by atoms with Gasteiger partial charge in [-0.05, 0) is 12.8 Å². The van der Waals surface area contributed by atoms with Gasteiger partial charge >= 0.3 is 11.9 Å². The summed E-state index contributed by atoms with van der Waals surface area (Å²) in [7, 11) is 0. The molecule has 0 unspecified atom stereocenters. The first-order valence-electron chi connectivity index (χ1n) is 6.28. The zero-order valence-corrected chi connectivity index (χ0v) is 10.3. The number of carbonyl (C=O) groups excluding carboxylic acids is 2. The fourth-order valence-electron chi connectivity index (χ4n) is 1.38. The molecule has 2 aliphatic heterocycles. The molecule has 6 heteroatoms. The van der Waals surface area contributed by atoms with E-state index >= 15 is 0 Å². The Kier molecular flexibility index (Phi) is 4.95. The molecule has 2 fully saturated rings. The van der Waals surface area contributed by atoms with Crippen molar-refractivity contribution in [2.45, 2.75) is 37.9 Å². The van der Waals surface area contributed by atoms with Crippen molar-refractivity contribution in [1.29, 1.82) is 0 Å². The highest BCUT2D eigenvalue weighted by Gasteiger charge is 2.24. The third-order valence-corrected chi connectivity index (χ3v) is 2.68. The summed E-state index contributed by atoms with van der Waals surface area (Å²) in [5, 5.41) is 0. The van der Waals surface area contributed by atoms with Crippen LogP contribution in [0, 0.1) is 0 Å². The van der Waals surface area contributed by atoms with Gasteiger partial charge in [-0.2, -0.15) is 0 Å². The van der Waals surface area contributed by atoms with Gasteiger partial charge in [0, 0.05) is 12.8 Å². The van der Waals surface area contributed by atoms with Gasteiger partial charge in [0.25, 0.3) is 0 Å². The molecule has 2 heterocycles. The Balaban J connectivity index is 1.39. The molecule has 0 aromatic rings. The second-order valence-electron chi connectivity index (χ2n) is 4.48. The molecule has 0 spiro atoms. The van der Waals surface area contributed by atoms with Crippen LogP contribution in [0.2, 0.25) is 0 Å². The first-order valence-corrected chi connectivity index (χ1v) is 6.28. The van der Waals surface area contributed by atoms with Gasteiger partial charge in [0.15, 0.2) is 0 Å². The van der Waals surface area contributed by atoms with Crippen LogP contribution >= 0.6 is 0 Å². The van der Waals surface area contributed by atoms with Crippen molar-refractivity contribution in [3.63, 3.8) is 0 Å². The number of hydrogen-bond acceptors (Lipinski definition) is 6. The summed E-state index contributed by atoms with van der Waals surface area (Å²) in [6.07, 6.45) is 2.16. The molecule has 0 N–H and O–H groups in total. The first-order chi connectivity index (χ1) is 8.74. The monoisotopic (exact) mass is 258 g/mol. The van der Waals surface area contributed by atoms with E-state index in [1.54, 1.807) is 0 Å². The Morgan fingerprint density at radius 3 is 1.61 bits per heavy atom. The molecule has 2 aliphatic rings. The minimum Gasteiger partial charge on any atom is -0.463 e. The first kappa shape index (κ1) is 13.3. The average molecular weight is 258 g/mol. The van der Waals surface area contributed by atoms with E-state index in [1.807, 2.05) is 0 Å². The zero-order chi connectivity index (χ0) is 12.8. The highest BCUT2D eigenvalue weighted by atomic mass is 16.6. The average Bonchev–Trinajstić information content (AvgIpc) is 3.23. The predicted octanol–water partition coefficient (Wildman–Crippen LogP) is 0.431. The van der Waals surface area contributed by atoms with Gasteiger partial charge in [0.05, 0.1) is 13.2 Å². The van der Waals surface area contributed by atoms with Crippen LogP contribution in [0.25, 0.3) is 0 Å². The van der Waals surface area contributed by atoms with Gasteiger partial charge in [-0.1, -0.05) is 0 Å². The summed E-state index contributed by atoms with van der Waals surface area (Å²) in [5.41, 5.74) is 0. The molecule has 0 bridgehead atoms. The number of hydrogen-bond donors (Lipinski definition) is 0. The summed E-state index contributed by atoms with van der Waals surface area (Å²) in [6, 6.07) is 0. The lowest BCUT2D eigenvalue weighted by atomic mass is 10.2. The highest BCUT2D eigenvalue weighted by molar-refractivity contribution is 5.70. The molecule has 2 saturated heterocycles. The van der Waals surface area contributed by atoms with Gasteiger partial charge in [-0.3, -0.25) is 9.59 Å². The smallest absolute Gasteiger partial charge is 0.305 e. The van der Waals surface area contributed by atoms with Crippen molar-refractivity contribution in [1.82, 2.24) is 0 Å². The maximum absolute atomic E-state index is 11.2. The zero-order valence-electron chi connectivity index (χ0n) is 10.3. The third-order valence-electron chi connectivity index (χ3n) is 2.68. The molecule has 18 heavy (non-hydrogen) atoms. The van der Waals surface area contributed by atoms with E-state index in [2.05, 4.69) is 0 Å². The molecule has 0 saturated carbocycles. The van der Waals surface area contributed by atoms with Gasteiger partial charge in [0.1, 0.15) is 25.4 Å². The minimum atomic E-state index is -0.231. The normalized spacial score (nSPS) is 24.4. The Morgan fingerprint density at radius 1 is 0.889 bits per heavy atom. The topological polar surface area (TPSA) is 77.7 Å². The Hall–Kier alpha value is -1.14. The molecule has 0 amide bonds. The van der Waals surface area contributed by atoms with Gasteiger partial charge in [0.2, 0.25) is 0 Å². The lowest BCUT2D eigenvalue weighted by molar-refractivity contribution is -0.146. The molecule has 2 rings (SSSR count). The SMILES string of the molecule is O=C(CCCCC(=O)OC[C@@H]1CO1)OC[C@@H]1CO1. The number of esters is 2. The van der Waals surface area contributed by atoms with Crippen molar-refractivity contribution in [2.24, 2.45) is 0 Å². The van der Waals surface area contributed by atoms with Crippen LogP contribution in [-0.2, 0) is 28.5 Å². The van der Waals surface area contributed by atoms with Gasteiger partial charge in [-0.15, -0.1) is 0 Å². The van der Waals surface area contributed by atoms with E-state index in [-0.39, 0.29) is 24.1 Å². The number of ether oxygens (including phenoxy) is 4. The molecular formula is C12H18O6. The summed E-state index contributed by atoms with van der Waals surface area (Å²) in [4.78, 5) is 22.5. The predicted molar refractivity (Wildman–Crippen MR) is 59.9 cm³/mol. The van der Waals surface area contributed by atoms with Gasteiger partial charge in [-0.25, -0.2) is 0 Å². The maximum Gasteiger partial charge on any atom is 0.305 e. The van der Waals surface area contributed by atoms with E-state index < -0.39 is 0 Å². The van der Waals surface area contributed by atoms with E-state index in [9.17, 15) is 9.59 Å². The lowest BCUT2D eigenvalue weighted by Crippen LogP contribution is -2.11. The lowest BCUT2D eigenvalue weighted by Gasteiger charge is -2.03. The van der Waals surface area contributed by atoms with E-state index in [1.165, 1.54) is 0 Å². The molecule has 0 aliphatic carbocycles. The van der Waals surface area contributed by atoms with Crippen molar-refractivity contribution in [3.05, 3.63) is 0 Å². The largest absolute Gasteiger partial charge is 0.463 e. The highest BCUT2D eigenvalue weighted by Crippen LogP contribution is 2.11. The van der Waals surface area contributed by atoms with Crippen molar-refractivity contribution < 1.29 is 28.5 Å². The van der Waals surface area contributed by atoms with E-state index in [0.717, 1.165) is 0 Å². The summed E-state index contributed by atoms with van der Waals surface area (Å²) in [6.45, 7) is 2.07. The van der Waals surface area contributed by atoms with Crippen LogP contribution < -0.4 is 0 Å². The summed E-state index contributed by atoms with van der Waals surface area (Å²) in [5.74, 6) is -0.463. The quantitative estimate of drug-likeness (QED) is 0.339. The molecule has 6 nitrogen and oxygen atoms in total. The summed E-state index contributed by atoms with van der Waals surface area (Å²) >= 11 is 0. The summed E-state index contributed by atoms with van der Waals surface area (Å²) < 4.78 is 19.8. The standard InChI is InChI=1S/C12H18O6/c13-11(17-7-9-5-15-9)3-1-2-4-12(14)18-8-10-6-16-10/h9-10H,1-8H2/t9-,10-/m0/s1. The van der Waals surface area contributed by atoms with Crippen LogP contribution in [-0.4, -0.2) is 50.6 Å². The fraction of sp³-hybridized carbons (Fsp3) is 0.833. The van der Waals surface area contributed by atoms with Crippen LogP contribution in [0.1, 0.15) is 25.7 Å². The fourth-order valence-corrected chi connectivity index (χ4v) is 1.38. The Bertz CT molecular complexity index is 265. The van der Waals surface area contributed by atoms with Crippen LogP contribution in [0.3, 0.4) is 0 Å². The maximum atomic E-state index is 11.2. The van der Waals surface area contributed by atoms with E-state index in [0.29, 0.717) is 52.1 Å². The minimum absolute atomic E-state index is 0.105. The van der Waals surface area contributed by atoms with Crippen molar-refractivity contribution in [2.75, 3.05) is 26.4 Å². The molecule has 0 radical (unpaired) electrons. The molecule has 0 aromatic heterocycles. The van der Waals surface area contributed by atoms with Crippen molar-refractivity contribution >= 4 is 11.9 Å². The van der Waals surface area contributed by atoms with E-state index in [4.69, 9.17) is 18.9 Å². The number of rotatable bonds is 9. The number of epoxide rings is 2. The van der Waals surface area contributed by atoms with Gasteiger partial charge < -0.3 is 18.9 Å². The van der Waals surface area contributed by atoms with Crippen LogP contribution in [0.15, 0.2) is 0 Å². The molecular weight excluding hydrogens is 240 g/mol. The van der Waals surface area contributed by atoms with Crippen LogP contribution in [0.5, 0.6) is 0 Å². The number of unbranched alkanes of at least 4 members (excludes halogenated alkanes) is 1. The number of carbonyl (C=O) groups is 2. The Morgan fingerprint density at radius 2 is 1.28 bits per heavy atom. The molecule has 0 aromatic carbocycles. The third kappa shape index (κ3) is 5.97. The van der Waals surface area contributed by atoms with Crippen LogP contribution in [0.4, 0.5) is 0 Å². The van der Waals surface area contributed by atoms with Crippen molar-refractivity contribution in [3.8, 4) is 0 Å². The second kappa shape index (κ2) is 6.70. The Labute approximate surface area is 106 Å². The molecule has 102 valence electrons. The second-order valence-corrected chi connectivity index (χ2v) is 4.48. The molecule has 2 atom stereocenters.